The number of esters is 1. The van der Waals surface area contributed by atoms with Crippen LogP contribution in [0.2, 0.25) is 0 Å². The van der Waals surface area contributed by atoms with E-state index in [-0.39, 0.29) is 5.97 Å². The number of ether oxygens (including phenoxy) is 1. The molecule has 1 unspecified atom stereocenters. The van der Waals surface area contributed by atoms with Gasteiger partial charge in [-0.2, -0.15) is 0 Å². The number of carbonyl (C=O) groups is 1. The Morgan fingerprint density at radius 2 is 2.10 bits per heavy atom. The van der Waals surface area contributed by atoms with Crippen LogP contribution in [0.1, 0.15) is 23.1 Å². The minimum atomic E-state index is -0.571. The summed E-state index contributed by atoms with van der Waals surface area (Å²) in [6.07, 6.45) is 1.78. The molecule has 0 saturated carbocycles. The number of hydrogen-bond acceptors (Lipinski definition) is 4. The first-order valence-corrected chi connectivity index (χ1v) is 7.32. The van der Waals surface area contributed by atoms with Gasteiger partial charge < -0.3 is 10.1 Å². The molecule has 1 aliphatic heterocycles. The smallest absolute Gasteiger partial charge is 0.330 e. The van der Waals surface area contributed by atoms with Crippen LogP contribution in [0.25, 0.3) is 0 Å². The largest absolute Gasteiger partial charge is 0.467 e. The number of nitrogens with zero attached hydrogens (tertiary/aromatic N) is 1. The molecule has 108 valence electrons. The van der Waals surface area contributed by atoms with Gasteiger partial charge in [0.2, 0.25) is 0 Å². The standard InChI is InChI=1S/C16H22N2O2/c1-12-3-4-13-5-6-16(14(13)11-12,15(19)20-2)18-9-7-17-8-10-18/h3-4,11,17H,5-10H2,1-2H3. The summed E-state index contributed by atoms with van der Waals surface area (Å²) in [5.74, 6) is -0.108. The number of methoxy groups -OCH3 is 1. The van der Waals surface area contributed by atoms with Gasteiger partial charge in [0.1, 0.15) is 5.54 Å². The molecule has 0 radical (unpaired) electrons. The van der Waals surface area contributed by atoms with Crippen molar-refractivity contribution in [3.8, 4) is 0 Å². The first kappa shape index (κ1) is 13.6. The van der Waals surface area contributed by atoms with Gasteiger partial charge >= 0.3 is 5.97 Å². The second-order valence-corrected chi connectivity index (χ2v) is 5.75. The lowest BCUT2D eigenvalue weighted by atomic mass is 9.88. The highest BCUT2D eigenvalue weighted by atomic mass is 16.5. The molecule has 0 aromatic heterocycles. The van der Waals surface area contributed by atoms with Gasteiger partial charge in [0.25, 0.3) is 0 Å². The summed E-state index contributed by atoms with van der Waals surface area (Å²) in [6.45, 7) is 5.73. The summed E-state index contributed by atoms with van der Waals surface area (Å²) < 4.78 is 5.19. The molecule has 20 heavy (non-hydrogen) atoms. The highest BCUT2D eigenvalue weighted by Gasteiger charge is 2.51. The summed E-state index contributed by atoms with van der Waals surface area (Å²) in [5.41, 5.74) is 3.08. The molecule has 0 bridgehead atoms. The average molecular weight is 274 g/mol. The van der Waals surface area contributed by atoms with E-state index in [4.69, 9.17) is 4.74 Å². The fourth-order valence-corrected chi connectivity index (χ4v) is 3.63. The molecule has 1 atom stereocenters. The van der Waals surface area contributed by atoms with Crippen molar-refractivity contribution in [1.82, 2.24) is 10.2 Å². The van der Waals surface area contributed by atoms with Crippen molar-refractivity contribution in [2.24, 2.45) is 0 Å². The predicted molar refractivity (Wildman–Crippen MR) is 77.6 cm³/mol. The number of hydrogen-bond donors (Lipinski definition) is 1. The zero-order valence-electron chi connectivity index (χ0n) is 12.2. The molecule has 4 nitrogen and oxygen atoms in total. The van der Waals surface area contributed by atoms with E-state index < -0.39 is 5.54 Å². The fourth-order valence-electron chi connectivity index (χ4n) is 3.63. The quantitative estimate of drug-likeness (QED) is 0.823. The number of carbonyl (C=O) groups excluding carboxylic acids is 1. The molecule has 1 aromatic carbocycles. The third-order valence-electron chi connectivity index (χ3n) is 4.65. The molecule has 4 heteroatoms. The van der Waals surface area contributed by atoms with Crippen molar-refractivity contribution in [2.75, 3.05) is 33.3 Å². The van der Waals surface area contributed by atoms with E-state index in [1.165, 1.54) is 18.2 Å². The van der Waals surface area contributed by atoms with E-state index in [0.717, 1.165) is 44.6 Å². The second kappa shape index (κ2) is 5.19. The first-order valence-electron chi connectivity index (χ1n) is 7.32. The number of nitrogens with one attached hydrogen (secondary N) is 1. The SMILES string of the molecule is COC(=O)C1(N2CCNCC2)CCc2ccc(C)cc21. The van der Waals surface area contributed by atoms with Gasteiger partial charge in [0.15, 0.2) is 0 Å². The Kier molecular flexibility index (Phi) is 3.52. The van der Waals surface area contributed by atoms with Crippen LogP contribution in [0.3, 0.4) is 0 Å². The Balaban J connectivity index is 2.09. The number of aryl methyl sites for hydroxylation is 2. The monoisotopic (exact) mass is 274 g/mol. The van der Waals surface area contributed by atoms with Gasteiger partial charge in [-0.25, -0.2) is 4.79 Å². The lowest BCUT2D eigenvalue weighted by Gasteiger charge is -2.42. The van der Waals surface area contributed by atoms with Crippen LogP contribution in [-0.2, 0) is 21.5 Å². The average Bonchev–Trinajstić information content (AvgIpc) is 2.87. The van der Waals surface area contributed by atoms with E-state index in [2.05, 4.69) is 35.3 Å². The number of rotatable bonds is 2. The molecule has 3 rings (SSSR count). The minimum Gasteiger partial charge on any atom is -0.467 e. The van der Waals surface area contributed by atoms with Crippen molar-refractivity contribution in [1.29, 1.82) is 0 Å². The van der Waals surface area contributed by atoms with Crippen LogP contribution >= 0.6 is 0 Å². The molecule has 1 aliphatic carbocycles. The normalized spacial score (nSPS) is 26.3. The van der Waals surface area contributed by atoms with Crippen LogP contribution in [-0.4, -0.2) is 44.2 Å². The summed E-state index contributed by atoms with van der Waals surface area (Å²) in [7, 11) is 1.50. The number of benzene rings is 1. The molecule has 1 N–H and O–H groups in total. The predicted octanol–water partition coefficient (Wildman–Crippen LogP) is 1.21. The zero-order chi connectivity index (χ0) is 14.2. The number of piperazine rings is 1. The molecule has 1 heterocycles. The molecule has 1 saturated heterocycles. The van der Waals surface area contributed by atoms with E-state index in [1.807, 2.05) is 0 Å². The Bertz CT molecular complexity index is 523. The van der Waals surface area contributed by atoms with Crippen LogP contribution in [0, 0.1) is 6.92 Å². The number of fused-ring (bicyclic) bond motifs is 1. The van der Waals surface area contributed by atoms with Gasteiger partial charge in [-0.05, 0) is 30.9 Å². The molecule has 1 fully saturated rings. The van der Waals surface area contributed by atoms with Crippen molar-refractivity contribution in [2.45, 2.75) is 25.3 Å². The van der Waals surface area contributed by atoms with Crippen molar-refractivity contribution >= 4 is 5.97 Å². The van der Waals surface area contributed by atoms with E-state index in [1.54, 1.807) is 0 Å². The molecule has 2 aliphatic rings. The first-order chi connectivity index (χ1) is 9.68. The van der Waals surface area contributed by atoms with E-state index >= 15 is 0 Å². The lowest BCUT2D eigenvalue weighted by Crippen LogP contribution is -2.57. The van der Waals surface area contributed by atoms with Crippen LogP contribution in [0.15, 0.2) is 18.2 Å². The third kappa shape index (κ3) is 1.95. The van der Waals surface area contributed by atoms with E-state index in [9.17, 15) is 4.79 Å². The lowest BCUT2D eigenvalue weighted by molar-refractivity contribution is -0.157. The topological polar surface area (TPSA) is 41.6 Å². The highest BCUT2D eigenvalue weighted by Crippen LogP contribution is 2.43. The molecular formula is C16H22N2O2. The molecule has 0 spiro atoms. The maximum Gasteiger partial charge on any atom is 0.330 e. The Morgan fingerprint density at radius 1 is 1.35 bits per heavy atom. The van der Waals surface area contributed by atoms with Gasteiger partial charge in [0.05, 0.1) is 7.11 Å². The fraction of sp³-hybridized carbons (Fsp3) is 0.562. The summed E-state index contributed by atoms with van der Waals surface area (Å²) in [5, 5.41) is 3.35. The highest BCUT2D eigenvalue weighted by molar-refractivity contribution is 5.84. The van der Waals surface area contributed by atoms with Crippen LogP contribution < -0.4 is 5.32 Å². The van der Waals surface area contributed by atoms with Crippen molar-refractivity contribution < 1.29 is 9.53 Å². The Labute approximate surface area is 120 Å². The second-order valence-electron chi connectivity index (χ2n) is 5.75. The van der Waals surface area contributed by atoms with Gasteiger partial charge in [-0.15, -0.1) is 0 Å². The van der Waals surface area contributed by atoms with Crippen LogP contribution in [0.4, 0.5) is 0 Å². The molecule has 1 aromatic rings. The van der Waals surface area contributed by atoms with Crippen molar-refractivity contribution in [3.63, 3.8) is 0 Å². The summed E-state index contributed by atoms with van der Waals surface area (Å²) in [4.78, 5) is 14.9. The van der Waals surface area contributed by atoms with E-state index in [0.29, 0.717) is 0 Å². The Morgan fingerprint density at radius 3 is 2.80 bits per heavy atom. The van der Waals surface area contributed by atoms with Gasteiger partial charge in [-0.1, -0.05) is 23.8 Å². The molecule has 0 amide bonds. The van der Waals surface area contributed by atoms with Crippen LogP contribution in [0.5, 0.6) is 0 Å². The maximum absolute atomic E-state index is 12.6. The van der Waals surface area contributed by atoms with Gasteiger partial charge in [0, 0.05) is 26.2 Å². The van der Waals surface area contributed by atoms with Crippen molar-refractivity contribution in [3.05, 3.63) is 34.9 Å². The molecular weight excluding hydrogens is 252 g/mol. The Hall–Kier alpha value is -1.39. The third-order valence-corrected chi connectivity index (χ3v) is 4.65. The zero-order valence-corrected chi connectivity index (χ0v) is 12.2. The maximum atomic E-state index is 12.6. The summed E-state index contributed by atoms with van der Waals surface area (Å²) in [6, 6.07) is 6.46. The minimum absolute atomic E-state index is 0.108. The summed E-state index contributed by atoms with van der Waals surface area (Å²) >= 11 is 0. The van der Waals surface area contributed by atoms with Gasteiger partial charge in [-0.3, -0.25) is 4.90 Å².